The fourth-order valence-corrected chi connectivity index (χ4v) is 8.70. The van der Waals surface area contributed by atoms with Crippen molar-refractivity contribution in [1.29, 1.82) is 0 Å². The number of benzene rings is 3. The van der Waals surface area contributed by atoms with E-state index in [0.717, 1.165) is 0 Å². The van der Waals surface area contributed by atoms with Crippen LogP contribution in [-0.2, 0) is 13.9 Å². The van der Waals surface area contributed by atoms with Crippen molar-refractivity contribution in [1.82, 2.24) is 0 Å². The molecule has 0 heterocycles. The molecule has 0 bridgehead atoms. The predicted molar refractivity (Wildman–Crippen MR) is 142 cm³/mol. The molecule has 5 nitrogen and oxygen atoms in total. The molecule has 0 atom stereocenters. The van der Waals surface area contributed by atoms with Gasteiger partial charge in [0.1, 0.15) is 12.4 Å². The van der Waals surface area contributed by atoms with Gasteiger partial charge in [-0.05, 0) is 27.5 Å². The first-order chi connectivity index (χ1) is 16.4. The van der Waals surface area contributed by atoms with E-state index in [1.807, 2.05) is 24.3 Å². The van der Waals surface area contributed by atoms with E-state index in [2.05, 4.69) is 81.4 Å². The van der Waals surface area contributed by atoms with E-state index in [0.29, 0.717) is 51.1 Å². The van der Waals surface area contributed by atoms with Crippen LogP contribution in [0.15, 0.2) is 84.9 Å². The number of hydrogen-bond acceptors (Lipinski definition) is 5. The summed E-state index contributed by atoms with van der Waals surface area (Å²) >= 11 is 0. The Kier molecular flexibility index (Phi) is 9.71. The lowest BCUT2D eigenvalue weighted by molar-refractivity contribution is 0.0265. The summed E-state index contributed by atoms with van der Waals surface area (Å²) in [7, 11) is -2.51. The van der Waals surface area contributed by atoms with Gasteiger partial charge in [0.05, 0.1) is 38.7 Å². The van der Waals surface area contributed by atoms with Gasteiger partial charge in [-0.3, -0.25) is 0 Å². The Hall–Kier alpha value is -2.64. The highest BCUT2D eigenvalue weighted by atomic mass is 28.4. The van der Waals surface area contributed by atoms with E-state index in [-0.39, 0.29) is 5.04 Å². The van der Waals surface area contributed by atoms with Gasteiger partial charge < -0.3 is 24.4 Å². The van der Waals surface area contributed by atoms with Gasteiger partial charge in [0, 0.05) is 0 Å². The highest BCUT2D eigenvalue weighted by molar-refractivity contribution is 6.99. The van der Waals surface area contributed by atoms with Gasteiger partial charge in [0.25, 0.3) is 8.32 Å². The highest BCUT2D eigenvalue weighted by Crippen LogP contribution is 2.36. The van der Waals surface area contributed by atoms with Crippen LogP contribution in [0, 0.1) is 0 Å². The van der Waals surface area contributed by atoms with E-state index >= 15 is 0 Å². The quantitative estimate of drug-likeness (QED) is 0.226. The smallest absolute Gasteiger partial charge is 0.261 e. The Morgan fingerprint density at radius 3 is 1.62 bits per heavy atom. The van der Waals surface area contributed by atoms with Crippen molar-refractivity contribution < 1.29 is 18.6 Å². The first-order valence-electron chi connectivity index (χ1n) is 11.8. The molecule has 0 aliphatic rings. The summed E-state index contributed by atoms with van der Waals surface area (Å²) in [5.74, 6) is 0.683. The van der Waals surface area contributed by atoms with E-state index in [1.54, 1.807) is 0 Å². The molecule has 0 unspecified atom stereocenters. The van der Waals surface area contributed by atoms with E-state index in [1.165, 1.54) is 10.4 Å². The number of nitrogen functional groups attached to an aromatic ring is 1. The average Bonchev–Trinajstić information content (AvgIpc) is 2.84. The molecule has 0 aromatic heterocycles. The van der Waals surface area contributed by atoms with E-state index in [4.69, 9.17) is 24.4 Å². The van der Waals surface area contributed by atoms with E-state index in [9.17, 15) is 0 Å². The molecule has 3 rings (SSSR count). The molecule has 0 aliphatic heterocycles. The summed E-state index contributed by atoms with van der Waals surface area (Å²) in [5.41, 5.74) is 6.50. The maximum absolute atomic E-state index is 6.81. The van der Waals surface area contributed by atoms with Gasteiger partial charge in [0.2, 0.25) is 0 Å². The number of hydrogen-bond donors (Lipinski definition) is 1. The lowest BCUT2D eigenvalue weighted by atomic mass is 10.2. The predicted octanol–water partition coefficient (Wildman–Crippen LogP) is 4.26. The molecular weight excluding hydrogens is 442 g/mol. The van der Waals surface area contributed by atoms with Crippen LogP contribution in [0.25, 0.3) is 0 Å². The number of nitrogens with two attached hydrogens (primary N) is 1. The molecule has 0 radical (unpaired) electrons. The van der Waals surface area contributed by atoms with Crippen LogP contribution in [0.1, 0.15) is 20.8 Å². The molecular formula is C28H37NO4Si. The Labute approximate surface area is 204 Å². The van der Waals surface area contributed by atoms with Crippen molar-refractivity contribution in [2.24, 2.45) is 0 Å². The standard InChI is InChI=1S/C28H37NO4Si/c1-28(2,3)34(24-12-6-4-7-13-24,25-14-8-5-9-15-25)33-23-21-31-19-18-30-20-22-32-27-17-11-10-16-26(27)29/h4-17H,18-23,29H2,1-3H3. The lowest BCUT2D eigenvalue weighted by Crippen LogP contribution is -2.66. The first-order valence-corrected chi connectivity index (χ1v) is 13.7. The molecule has 6 heteroatoms. The zero-order chi connectivity index (χ0) is 24.3. The maximum Gasteiger partial charge on any atom is 0.261 e. The summed E-state index contributed by atoms with van der Waals surface area (Å²) in [4.78, 5) is 0. The summed E-state index contributed by atoms with van der Waals surface area (Å²) in [6, 6.07) is 28.7. The van der Waals surface area contributed by atoms with Crippen LogP contribution in [0.3, 0.4) is 0 Å². The van der Waals surface area contributed by atoms with Gasteiger partial charge >= 0.3 is 0 Å². The molecule has 3 aromatic carbocycles. The third kappa shape index (κ3) is 6.70. The molecule has 0 aliphatic carbocycles. The van der Waals surface area contributed by atoms with Crippen molar-refractivity contribution >= 4 is 24.4 Å². The third-order valence-corrected chi connectivity index (χ3v) is 10.8. The number of rotatable bonds is 13. The largest absolute Gasteiger partial charge is 0.489 e. The first kappa shape index (κ1) is 26.0. The van der Waals surface area contributed by atoms with Crippen LogP contribution < -0.4 is 20.8 Å². The second kappa shape index (κ2) is 12.7. The van der Waals surface area contributed by atoms with Crippen molar-refractivity contribution in [2.45, 2.75) is 25.8 Å². The van der Waals surface area contributed by atoms with Crippen molar-refractivity contribution in [3.63, 3.8) is 0 Å². The van der Waals surface area contributed by atoms with Gasteiger partial charge in [-0.25, -0.2) is 0 Å². The lowest BCUT2D eigenvalue weighted by Gasteiger charge is -2.43. The van der Waals surface area contributed by atoms with Gasteiger partial charge in [-0.2, -0.15) is 0 Å². The number of ether oxygens (including phenoxy) is 3. The second-order valence-electron chi connectivity index (χ2n) is 9.12. The molecule has 0 saturated carbocycles. The SMILES string of the molecule is CC(C)(C)[Si](OCCOCCOCCOc1ccccc1N)(c1ccccc1)c1ccccc1. The molecule has 2 N–H and O–H groups in total. The Morgan fingerprint density at radius 2 is 1.09 bits per heavy atom. The molecule has 0 spiro atoms. The van der Waals surface area contributed by atoms with Gasteiger partial charge in [-0.15, -0.1) is 0 Å². The maximum atomic E-state index is 6.81. The van der Waals surface area contributed by atoms with Crippen molar-refractivity contribution in [3.05, 3.63) is 84.9 Å². The molecule has 182 valence electrons. The van der Waals surface area contributed by atoms with Gasteiger partial charge in [0.15, 0.2) is 0 Å². The topological polar surface area (TPSA) is 62.9 Å². The van der Waals surface area contributed by atoms with Gasteiger partial charge in [-0.1, -0.05) is 93.6 Å². The number of anilines is 1. The molecule has 0 fully saturated rings. The zero-order valence-electron chi connectivity index (χ0n) is 20.5. The average molecular weight is 480 g/mol. The van der Waals surface area contributed by atoms with Crippen molar-refractivity contribution in [2.75, 3.05) is 45.4 Å². The summed E-state index contributed by atoms with van der Waals surface area (Å²) in [6.45, 7) is 9.83. The fourth-order valence-electron chi connectivity index (χ4n) is 4.16. The Bertz CT molecular complexity index is 937. The fraction of sp³-hybridized carbons (Fsp3) is 0.357. The summed E-state index contributed by atoms with van der Waals surface area (Å²) in [6.07, 6.45) is 0. The highest BCUT2D eigenvalue weighted by Gasteiger charge is 2.49. The summed E-state index contributed by atoms with van der Waals surface area (Å²) in [5, 5.41) is 2.51. The normalized spacial score (nSPS) is 12.0. The zero-order valence-corrected chi connectivity index (χ0v) is 21.5. The minimum absolute atomic E-state index is 0.0407. The molecule has 0 amide bonds. The third-order valence-electron chi connectivity index (χ3n) is 5.74. The summed E-state index contributed by atoms with van der Waals surface area (Å²) < 4.78 is 23.9. The monoisotopic (exact) mass is 479 g/mol. The van der Waals surface area contributed by atoms with Crippen LogP contribution >= 0.6 is 0 Å². The second-order valence-corrected chi connectivity index (χ2v) is 13.4. The minimum Gasteiger partial charge on any atom is -0.489 e. The van der Waals surface area contributed by atoms with Crippen LogP contribution in [0.2, 0.25) is 5.04 Å². The molecule has 0 saturated heterocycles. The van der Waals surface area contributed by atoms with E-state index < -0.39 is 8.32 Å². The molecule has 34 heavy (non-hydrogen) atoms. The van der Waals surface area contributed by atoms with Crippen LogP contribution in [0.5, 0.6) is 5.75 Å². The number of para-hydroxylation sites is 2. The van der Waals surface area contributed by atoms with Crippen molar-refractivity contribution in [3.8, 4) is 5.75 Å². The molecule has 3 aromatic rings. The van der Waals surface area contributed by atoms with Crippen LogP contribution in [0.4, 0.5) is 5.69 Å². The Balaban J connectivity index is 1.47. The Morgan fingerprint density at radius 1 is 0.618 bits per heavy atom. The van der Waals surface area contributed by atoms with Crippen LogP contribution in [-0.4, -0.2) is 48.0 Å². The minimum atomic E-state index is -2.51.